The average Bonchev–Trinajstić information content (AvgIpc) is 2.84. The van der Waals surface area contributed by atoms with Crippen LogP contribution in [-0.4, -0.2) is 70.9 Å². The van der Waals surface area contributed by atoms with Crippen LogP contribution in [0.2, 0.25) is 0 Å². The van der Waals surface area contributed by atoms with Crippen molar-refractivity contribution in [1.82, 2.24) is 19.8 Å². The topological polar surface area (TPSA) is 69.6 Å². The summed E-state index contributed by atoms with van der Waals surface area (Å²) in [5.74, 6) is 1.93. The van der Waals surface area contributed by atoms with Crippen LogP contribution < -0.4 is 4.90 Å². The number of carbonyl (C=O) groups excluding carboxylic acids is 2. The van der Waals surface area contributed by atoms with E-state index in [1.807, 2.05) is 53.1 Å². The third kappa shape index (κ3) is 5.03. The minimum atomic E-state index is -0.0650. The number of amides is 2. The zero-order valence-corrected chi connectivity index (χ0v) is 18.2. The Labute approximate surface area is 184 Å². The highest BCUT2D eigenvalue weighted by Gasteiger charge is 2.32. The fourth-order valence-corrected chi connectivity index (χ4v) is 4.44. The number of aromatic nitrogens is 2. The fraction of sp³-hybridized carbons (Fsp3) is 0.500. The maximum Gasteiger partial charge on any atom is 0.227 e. The normalized spacial score (nSPS) is 19.4. The molecule has 164 valence electrons. The summed E-state index contributed by atoms with van der Waals surface area (Å²) in [5, 5.41) is 0. The molecule has 2 aliphatic rings. The number of hydrogen-bond donors (Lipinski definition) is 0. The van der Waals surface area contributed by atoms with Crippen LogP contribution in [0.25, 0.3) is 11.4 Å². The Balaban J connectivity index is 1.34. The van der Waals surface area contributed by atoms with E-state index in [1.165, 1.54) is 0 Å². The molecule has 0 saturated carbocycles. The zero-order chi connectivity index (χ0) is 21.6. The predicted molar refractivity (Wildman–Crippen MR) is 120 cm³/mol. The summed E-state index contributed by atoms with van der Waals surface area (Å²) >= 11 is 0. The third-order valence-corrected chi connectivity index (χ3v) is 6.18. The van der Waals surface area contributed by atoms with Gasteiger partial charge in [0.25, 0.3) is 0 Å². The van der Waals surface area contributed by atoms with E-state index in [1.54, 1.807) is 6.20 Å². The summed E-state index contributed by atoms with van der Waals surface area (Å²) in [5.41, 5.74) is 0.998. The van der Waals surface area contributed by atoms with Crippen molar-refractivity contribution in [3.63, 3.8) is 0 Å². The van der Waals surface area contributed by atoms with E-state index in [9.17, 15) is 9.59 Å². The van der Waals surface area contributed by atoms with Gasteiger partial charge in [0.1, 0.15) is 5.82 Å². The molecule has 7 nitrogen and oxygen atoms in total. The number of carbonyl (C=O) groups is 2. The van der Waals surface area contributed by atoms with Crippen molar-refractivity contribution in [2.24, 2.45) is 5.92 Å². The Morgan fingerprint density at radius 3 is 2.52 bits per heavy atom. The molecule has 1 aromatic carbocycles. The molecule has 31 heavy (non-hydrogen) atoms. The molecule has 2 saturated heterocycles. The van der Waals surface area contributed by atoms with Gasteiger partial charge < -0.3 is 14.7 Å². The number of rotatable bonds is 5. The first-order valence-electron chi connectivity index (χ1n) is 11.4. The number of benzene rings is 1. The number of hydrogen-bond acceptors (Lipinski definition) is 5. The van der Waals surface area contributed by atoms with Gasteiger partial charge in [-0.15, -0.1) is 0 Å². The molecule has 2 amide bonds. The van der Waals surface area contributed by atoms with E-state index in [0.29, 0.717) is 26.1 Å². The molecule has 1 aromatic heterocycles. The van der Waals surface area contributed by atoms with Crippen LogP contribution in [0.5, 0.6) is 0 Å². The fourth-order valence-electron chi connectivity index (χ4n) is 4.44. The molecule has 0 radical (unpaired) electrons. The van der Waals surface area contributed by atoms with Gasteiger partial charge in [-0.05, 0) is 25.3 Å². The van der Waals surface area contributed by atoms with Crippen LogP contribution in [0, 0.1) is 5.92 Å². The second-order valence-corrected chi connectivity index (χ2v) is 8.35. The number of nitrogens with zero attached hydrogens (tertiary/aromatic N) is 5. The molecular weight excluding hydrogens is 390 g/mol. The van der Waals surface area contributed by atoms with Crippen LogP contribution in [0.3, 0.4) is 0 Å². The summed E-state index contributed by atoms with van der Waals surface area (Å²) in [4.78, 5) is 40.6. The molecule has 1 unspecified atom stereocenters. The predicted octanol–water partition coefficient (Wildman–Crippen LogP) is 2.83. The van der Waals surface area contributed by atoms with Gasteiger partial charge in [0.2, 0.25) is 11.8 Å². The van der Waals surface area contributed by atoms with Gasteiger partial charge in [-0.3, -0.25) is 9.59 Å². The van der Waals surface area contributed by atoms with Crippen LogP contribution in [0.4, 0.5) is 5.82 Å². The lowest BCUT2D eigenvalue weighted by Crippen LogP contribution is -2.53. The Bertz CT molecular complexity index is 896. The molecule has 2 fully saturated rings. The van der Waals surface area contributed by atoms with Crippen LogP contribution in [0.1, 0.15) is 32.6 Å². The molecule has 0 aliphatic carbocycles. The number of piperazine rings is 1. The van der Waals surface area contributed by atoms with E-state index < -0.39 is 0 Å². The van der Waals surface area contributed by atoms with Gasteiger partial charge >= 0.3 is 0 Å². The zero-order valence-electron chi connectivity index (χ0n) is 18.2. The number of piperidine rings is 1. The summed E-state index contributed by atoms with van der Waals surface area (Å²) in [6, 6.07) is 11.9. The van der Waals surface area contributed by atoms with Crippen molar-refractivity contribution in [3.8, 4) is 11.4 Å². The van der Waals surface area contributed by atoms with Gasteiger partial charge in [0.15, 0.2) is 5.82 Å². The quantitative estimate of drug-likeness (QED) is 0.743. The Kier molecular flexibility index (Phi) is 6.79. The van der Waals surface area contributed by atoms with Crippen molar-refractivity contribution in [2.75, 3.05) is 44.2 Å². The highest BCUT2D eigenvalue weighted by Crippen LogP contribution is 2.23. The Hall–Kier alpha value is -2.96. The molecule has 2 aromatic rings. The molecule has 2 aliphatic heterocycles. The van der Waals surface area contributed by atoms with Crippen molar-refractivity contribution < 1.29 is 9.59 Å². The molecule has 3 heterocycles. The standard InChI is InChI=1S/C24H31N5O2/c1-2-7-22(30)29-13-6-10-20(18-29)24(31)28-16-14-27(15-17-28)21-11-12-25-23(26-21)19-8-4-3-5-9-19/h3-5,8-9,11-12,20H,2,6-7,10,13-18H2,1H3. The van der Waals surface area contributed by atoms with Crippen molar-refractivity contribution in [3.05, 3.63) is 42.6 Å². The second kappa shape index (κ2) is 9.90. The first-order chi connectivity index (χ1) is 15.2. The largest absolute Gasteiger partial charge is 0.353 e. The number of likely N-dealkylation sites (tertiary alicyclic amines) is 1. The summed E-state index contributed by atoms with van der Waals surface area (Å²) in [7, 11) is 0. The smallest absolute Gasteiger partial charge is 0.227 e. The number of anilines is 1. The lowest BCUT2D eigenvalue weighted by Gasteiger charge is -2.39. The lowest BCUT2D eigenvalue weighted by atomic mass is 9.95. The molecular formula is C24H31N5O2. The highest BCUT2D eigenvalue weighted by atomic mass is 16.2. The Morgan fingerprint density at radius 1 is 1.00 bits per heavy atom. The minimum absolute atomic E-state index is 0.0650. The Morgan fingerprint density at radius 2 is 1.77 bits per heavy atom. The SMILES string of the molecule is CCCC(=O)N1CCCC(C(=O)N2CCN(c3ccnc(-c4ccccc4)n3)CC2)C1. The summed E-state index contributed by atoms with van der Waals surface area (Å²) in [6.07, 6.45) is 5.01. The monoisotopic (exact) mass is 421 g/mol. The third-order valence-electron chi connectivity index (χ3n) is 6.18. The first-order valence-corrected chi connectivity index (χ1v) is 11.4. The average molecular weight is 422 g/mol. The molecule has 0 bridgehead atoms. The van der Waals surface area contributed by atoms with Gasteiger partial charge in [0, 0.05) is 57.4 Å². The van der Waals surface area contributed by atoms with E-state index in [0.717, 1.165) is 56.1 Å². The summed E-state index contributed by atoms with van der Waals surface area (Å²) in [6.45, 7) is 6.25. The summed E-state index contributed by atoms with van der Waals surface area (Å²) < 4.78 is 0. The minimum Gasteiger partial charge on any atom is -0.353 e. The molecule has 0 N–H and O–H groups in total. The molecule has 4 rings (SSSR count). The molecule has 0 spiro atoms. The molecule has 1 atom stereocenters. The van der Waals surface area contributed by atoms with Crippen molar-refractivity contribution in [2.45, 2.75) is 32.6 Å². The van der Waals surface area contributed by atoms with Gasteiger partial charge in [-0.25, -0.2) is 9.97 Å². The van der Waals surface area contributed by atoms with Crippen LogP contribution in [0.15, 0.2) is 42.6 Å². The van der Waals surface area contributed by atoms with Gasteiger partial charge in [-0.2, -0.15) is 0 Å². The second-order valence-electron chi connectivity index (χ2n) is 8.35. The first kappa shape index (κ1) is 21.3. The lowest BCUT2D eigenvalue weighted by molar-refractivity contribution is -0.141. The van der Waals surface area contributed by atoms with E-state index in [2.05, 4.69) is 9.88 Å². The highest BCUT2D eigenvalue weighted by molar-refractivity contribution is 5.81. The van der Waals surface area contributed by atoms with Crippen LogP contribution >= 0.6 is 0 Å². The van der Waals surface area contributed by atoms with Crippen molar-refractivity contribution >= 4 is 17.6 Å². The van der Waals surface area contributed by atoms with Crippen LogP contribution in [-0.2, 0) is 9.59 Å². The van der Waals surface area contributed by atoms with Gasteiger partial charge in [-0.1, -0.05) is 37.3 Å². The van der Waals surface area contributed by atoms with E-state index >= 15 is 0 Å². The molecule has 7 heteroatoms. The van der Waals surface area contributed by atoms with E-state index in [-0.39, 0.29) is 17.7 Å². The van der Waals surface area contributed by atoms with E-state index in [4.69, 9.17) is 4.98 Å². The maximum absolute atomic E-state index is 13.1. The maximum atomic E-state index is 13.1. The van der Waals surface area contributed by atoms with Gasteiger partial charge in [0.05, 0.1) is 5.92 Å². The van der Waals surface area contributed by atoms with Crippen molar-refractivity contribution in [1.29, 1.82) is 0 Å².